The van der Waals surface area contributed by atoms with Gasteiger partial charge in [0, 0.05) is 17.5 Å². The van der Waals surface area contributed by atoms with Crippen molar-refractivity contribution in [3.05, 3.63) is 63.1 Å². The van der Waals surface area contributed by atoms with E-state index in [1.54, 1.807) is 6.07 Å². The van der Waals surface area contributed by atoms with Gasteiger partial charge in [-0.2, -0.15) is 0 Å². The van der Waals surface area contributed by atoms with Gasteiger partial charge in [0.25, 0.3) is 5.91 Å². The summed E-state index contributed by atoms with van der Waals surface area (Å²) in [5.74, 6) is -1.13. The minimum absolute atomic E-state index is 0.0163. The lowest BCUT2D eigenvalue weighted by Gasteiger charge is -2.10. The van der Waals surface area contributed by atoms with E-state index in [0.717, 1.165) is 0 Å². The maximum atomic E-state index is 12.3. The molecule has 1 aromatic heterocycles. The molecule has 0 aliphatic heterocycles. The van der Waals surface area contributed by atoms with E-state index in [-0.39, 0.29) is 33.8 Å². The van der Waals surface area contributed by atoms with E-state index in [2.05, 4.69) is 15.0 Å². The molecule has 0 unspecified atom stereocenters. The lowest BCUT2D eigenvalue weighted by molar-refractivity contribution is -0.274. The van der Waals surface area contributed by atoms with Crippen molar-refractivity contribution in [2.45, 2.75) is 12.9 Å². The third kappa shape index (κ3) is 5.53. The molecule has 11 heteroatoms. The van der Waals surface area contributed by atoms with Crippen molar-refractivity contribution in [1.82, 2.24) is 10.3 Å². The van der Waals surface area contributed by atoms with Crippen LogP contribution in [0.1, 0.15) is 16.1 Å². The first-order chi connectivity index (χ1) is 13.6. The molecule has 1 heterocycles. The van der Waals surface area contributed by atoms with E-state index in [4.69, 9.17) is 23.2 Å². The van der Waals surface area contributed by atoms with Crippen LogP contribution in [0, 0.1) is 0 Å². The van der Waals surface area contributed by atoms with E-state index >= 15 is 0 Å². The van der Waals surface area contributed by atoms with Gasteiger partial charge in [-0.15, -0.1) is 24.5 Å². The molecule has 0 bridgehead atoms. The molecule has 5 nitrogen and oxygen atoms in total. The van der Waals surface area contributed by atoms with E-state index in [0.29, 0.717) is 16.1 Å². The molecular weight excluding hydrogens is 452 g/mol. The number of benzene rings is 2. The van der Waals surface area contributed by atoms with Crippen LogP contribution in [0.2, 0.25) is 10.0 Å². The van der Waals surface area contributed by atoms with Gasteiger partial charge in [-0.05, 0) is 29.8 Å². The van der Waals surface area contributed by atoms with Gasteiger partial charge in [0.05, 0.1) is 10.0 Å². The molecule has 3 rings (SSSR count). The highest BCUT2D eigenvalue weighted by Gasteiger charge is 2.31. The van der Waals surface area contributed by atoms with Gasteiger partial charge in [-0.25, -0.2) is 4.98 Å². The van der Waals surface area contributed by atoms with Gasteiger partial charge in [0.2, 0.25) is 0 Å². The van der Waals surface area contributed by atoms with Crippen molar-refractivity contribution in [1.29, 1.82) is 0 Å². The molecule has 1 amide bonds. The summed E-state index contributed by atoms with van der Waals surface area (Å²) in [6.45, 7) is -0.0163. The van der Waals surface area contributed by atoms with Crippen molar-refractivity contribution >= 4 is 40.4 Å². The molecule has 2 N–H and O–H groups in total. The predicted octanol–water partition coefficient (Wildman–Crippen LogP) is 5.65. The fourth-order valence-electron chi connectivity index (χ4n) is 2.33. The zero-order valence-corrected chi connectivity index (χ0v) is 16.6. The lowest BCUT2D eigenvalue weighted by atomic mass is 10.2. The van der Waals surface area contributed by atoms with E-state index < -0.39 is 12.3 Å². The predicted molar refractivity (Wildman–Crippen MR) is 104 cm³/mol. The smallest absolute Gasteiger partial charge is 0.505 e. The van der Waals surface area contributed by atoms with Crippen molar-refractivity contribution < 1.29 is 27.8 Å². The Morgan fingerprint density at radius 3 is 2.55 bits per heavy atom. The number of phenols is 1. The molecule has 3 aromatic rings. The van der Waals surface area contributed by atoms with Crippen molar-refractivity contribution in [2.75, 3.05) is 0 Å². The zero-order chi connectivity index (χ0) is 21.2. The number of carbonyl (C=O) groups is 1. The number of halogens is 5. The van der Waals surface area contributed by atoms with Crippen LogP contribution in [-0.4, -0.2) is 22.4 Å². The number of hydrogen-bond donors (Lipinski definition) is 2. The molecule has 29 heavy (non-hydrogen) atoms. The summed E-state index contributed by atoms with van der Waals surface area (Å²) in [6.07, 6.45) is -4.79. The van der Waals surface area contributed by atoms with Crippen LogP contribution in [0.4, 0.5) is 13.2 Å². The van der Waals surface area contributed by atoms with E-state index in [1.165, 1.54) is 47.0 Å². The first-order valence-corrected chi connectivity index (χ1v) is 9.53. The van der Waals surface area contributed by atoms with Gasteiger partial charge in [-0.1, -0.05) is 35.3 Å². The number of carbonyl (C=O) groups excluding carboxylic acids is 1. The Kier molecular flexibility index (Phi) is 6.21. The van der Waals surface area contributed by atoms with Crippen LogP contribution in [0.15, 0.2) is 41.8 Å². The molecule has 0 saturated heterocycles. The number of nitrogens with zero attached hydrogens (tertiary/aromatic N) is 1. The van der Waals surface area contributed by atoms with Crippen LogP contribution in [0.5, 0.6) is 11.5 Å². The van der Waals surface area contributed by atoms with Gasteiger partial charge >= 0.3 is 6.36 Å². The highest BCUT2D eigenvalue weighted by molar-refractivity contribution is 7.13. The number of phenolic OH excluding ortho intramolecular Hbond substituents is 1. The molecule has 0 saturated carbocycles. The highest BCUT2D eigenvalue weighted by Crippen LogP contribution is 2.37. The van der Waals surface area contributed by atoms with E-state index in [1.807, 2.05) is 0 Å². The fraction of sp³-hybridized carbons (Fsp3) is 0.111. The topological polar surface area (TPSA) is 71.5 Å². The Balaban J connectivity index is 1.68. The number of nitrogens with one attached hydrogen (secondary N) is 1. The first kappa shape index (κ1) is 21.2. The first-order valence-electron chi connectivity index (χ1n) is 7.89. The van der Waals surface area contributed by atoms with Crippen LogP contribution in [0.25, 0.3) is 10.6 Å². The average Bonchev–Trinajstić information content (AvgIpc) is 3.13. The molecule has 0 aliphatic rings. The Morgan fingerprint density at radius 1 is 1.21 bits per heavy atom. The third-order valence-corrected chi connectivity index (χ3v) is 5.05. The Hall–Kier alpha value is -2.49. The Bertz CT molecular complexity index is 1030. The minimum atomic E-state index is -4.79. The van der Waals surface area contributed by atoms with Crippen LogP contribution in [-0.2, 0) is 6.54 Å². The SMILES string of the molecule is O=C(NCc1cccc(OC(F)(F)F)c1)c1csc(-c2cc(Cl)c(O)c(Cl)c2)n1. The Labute approximate surface area is 176 Å². The van der Waals surface area contributed by atoms with Gasteiger partial charge in [-0.3, -0.25) is 4.79 Å². The van der Waals surface area contributed by atoms with Crippen LogP contribution < -0.4 is 10.1 Å². The highest BCUT2D eigenvalue weighted by atomic mass is 35.5. The molecule has 0 fully saturated rings. The number of amides is 1. The maximum Gasteiger partial charge on any atom is 0.573 e. The zero-order valence-electron chi connectivity index (χ0n) is 14.3. The molecule has 2 aromatic carbocycles. The second-order valence-electron chi connectivity index (χ2n) is 5.70. The lowest BCUT2D eigenvalue weighted by Crippen LogP contribution is -2.23. The summed E-state index contributed by atoms with van der Waals surface area (Å²) < 4.78 is 40.7. The van der Waals surface area contributed by atoms with Crippen LogP contribution >= 0.6 is 34.5 Å². The second-order valence-corrected chi connectivity index (χ2v) is 7.38. The summed E-state index contributed by atoms with van der Waals surface area (Å²) in [5.41, 5.74) is 1.07. The molecular formula is C18H11Cl2F3N2O3S. The quantitative estimate of drug-likeness (QED) is 0.513. The monoisotopic (exact) mass is 462 g/mol. The second kappa shape index (κ2) is 8.48. The number of aromatic nitrogens is 1. The normalized spacial score (nSPS) is 11.3. The number of hydrogen-bond acceptors (Lipinski definition) is 5. The van der Waals surface area contributed by atoms with Crippen LogP contribution in [0.3, 0.4) is 0 Å². The summed E-state index contributed by atoms with van der Waals surface area (Å²) in [5, 5.41) is 14.3. The van der Waals surface area contributed by atoms with Crippen molar-refractivity contribution in [2.24, 2.45) is 0 Å². The molecule has 0 aliphatic carbocycles. The standard InChI is InChI=1S/C18H11Cl2F3N2O3S/c19-12-5-10(6-13(20)15(12)26)17-25-14(8-29-17)16(27)24-7-9-2-1-3-11(4-9)28-18(21,22)23/h1-6,8,26H,7H2,(H,24,27). The number of rotatable bonds is 5. The molecule has 0 atom stereocenters. The van der Waals surface area contributed by atoms with E-state index in [9.17, 15) is 23.1 Å². The van der Waals surface area contributed by atoms with Gasteiger partial charge in [0.15, 0.2) is 5.75 Å². The molecule has 152 valence electrons. The number of alkyl halides is 3. The fourth-order valence-corrected chi connectivity index (χ4v) is 3.60. The summed E-state index contributed by atoms with van der Waals surface area (Å²) in [4.78, 5) is 16.5. The van der Waals surface area contributed by atoms with Crippen molar-refractivity contribution in [3.8, 4) is 22.1 Å². The number of aromatic hydroxyl groups is 1. The van der Waals surface area contributed by atoms with Gasteiger partial charge < -0.3 is 15.2 Å². The third-order valence-electron chi connectivity index (χ3n) is 3.59. The summed E-state index contributed by atoms with van der Waals surface area (Å²) in [7, 11) is 0. The summed E-state index contributed by atoms with van der Waals surface area (Å²) in [6, 6.07) is 8.23. The maximum absolute atomic E-state index is 12.3. The number of thiazole rings is 1. The molecule has 0 radical (unpaired) electrons. The Morgan fingerprint density at radius 2 is 1.90 bits per heavy atom. The summed E-state index contributed by atoms with van der Waals surface area (Å²) >= 11 is 13.0. The minimum Gasteiger partial charge on any atom is -0.505 e. The largest absolute Gasteiger partial charge is 0.573 e. The van der Waals surface area contributed by atoms with Gasteiger partial charge in [0.1, 0.15) is 16.5 Å². The number of ether oxygens (including phenoxy) is 1. The molecule has 0 spiro atoms. The van der Waals surface area contributed by atoms with Crippen molar-refractivity contribution in [3.63, 3.8) is 0 Å². The average molecular weight is 463 g/mol.